The van der Waals surface area contributed by atoms with Crippen LogP contribution in [-0.2, 0) is 0 Å². The third kappa shape index (κ3) is 2.47. The highest BCUT2D eigenvalue weighted by Crippen LogP contribution is 2.39. The molecule has 1 atom stereocenters. The normalized spacial score (nSPS) is 24.0. The highest BCUT2D eigenvalue weighted by molar-refractivity contribution is 5.97. The summed E-state index contributed by atoms with van der Waals surface area (Å²) in [6.07, 6.45) is 1.83. The summed E-state index contributed by atoms with van der Waals surface area (Å²) in [7, 11) is 0. The molecule has 2 N–H and O–H groups in total. The van der Waals surface area contributed by atoms with Gasteiger partial charge in [-0.1, -0.05) is 0 Å². The largest absolute Gasteiger partial charge is 0.465 e. The highest BCUT2D eigenvalue weighted by atomic mass is 16.4. The summed E-state index contributed by atoms with van der Waals surface area (Å²) in [4.78, 5) is 27.4. The van der Waals surface area contributed by atoms with E-state index >= 15 is 0 Å². The number of piperidine rings is 1. The molecule has 2 aromatic rings. The Morgan fingerprint density at radius 3 is 2.71 bits per heavy atom. The zero-order valence-corrected chi connectivity index (χ0v) is 13.2. The monoisotopic (exact) mass is 329 g/mol. The fourth-order valence-electron chi connectivity index (χ4n) is 3.97. The van der Waals surface area contributed by atoms with Crippen molar-refractivity contribution in [2.24, 2.45) is 5.41 Å². The molecule has 24 heavy (non-hydrogen) atoms. The van der Waals surface area contributed by atoms with E-state index in [0.717, 1.165) is 24.8 Å². The second-order valence-corrected chi connectivity index (χ2v) is 6.81. The molecule has 2 fully saturated rings. The van der Waals surface area contributed by atoms with Gasteiger partial charge in [0.05, 0.1) is 0 Å². The van der Waals surface area contributed by atoms with Crippen molar-refractivity contribution in [2.45, 2.75) is 19.3 Å². The van der Waals surface area contributed by atoms with E-state index in [1.165, 1.54) is 4.90 Å². The van der Waals surface area contributed by atoms with Crippen molar-refractivity contribution >= 4 is 23.0 Å². The summed E-state index contributed by atoms with van der Waals surface area (Å²) >= 11 is 0. The van der Waals surface area contributed by atoms with Crippen LogP contribution in [0.5, 0.6) is 0 Å². The van der Waals surface area contributed by atoms with Crippen LogP contribution in [0.15, 0.2) is 18.2 Å². The van der Waals surface area contributed by atoms with E-state index in [9.17, 15) is 14.7 Å². The Kier molecular flexibility index (Phi) is 3.40. The van der Waals surface area contributed by atoms with Crippen molar-refractivity contribution in [3.63, 3.8) is 0 Å². The number of hydrogen-bond donors (Lipinski definition) is 2. The number of aromatic nitrogens is 3. The lowest BCUT2D eigenvalue weighted by molar-refractivity contribution is 0.0678. The van der Waals surface area contributed by atoms with E-state index in [4.69, 9.17) is 0 Å². The van der Waals surface area contributed by atoms with E-state index in [1.807, 2.05) is 4.90 Å². The Morgan fingerprint density at radius 1 is 1.08 bits per heavy atom. The maximum atomic E-state index is 12.8. The van der Waals surface area contributed by atoms with E-state index < -0.39 is 6.09 Å². The summed E-state index contributed by atoms with van der Waals surface area (Å²) in [6.45, 7) is 2.40. The highest BCUT2D eigenvalue weighted by Gasteiger charge is 2.43. The second kappa shape index (κ2) is 5.47. The topological polar surface area (TPSA) is 102 Å². The van der Waals surface area contributed by atoms with E-state index in [0.29, 0.717) is 37.3 Å². The number of nitrogens with zero attached hydrogens (tertiary/aromatic N) is 4. The van der Waals surface area contributed by atoms with Crippen molar-refractivity contribution in [1.82, 2.24) is 25.2 Å². The number of likely N-dealkylation sites (tertiary alicyclic amines) is 2. The first-order chi connectivity index (χ1) is 11.6. The van der Waals surface area contributed by atoms with Crippen molar-refractivity contribution in [3.8, 4) is 0 Å². The number of carbonyl (C=O) groups is 2. The van der Waals surface area contributed by atoms with Gasteiger partial charge in [-0.3, -0.25) is 4.79 Å². The molecule has 126 valence electrons. The quantitative estimate of drug-likeness (QED) is 0.826. The molecule has 1 spiro atoms. The van der Waals surface area contributed by atoms with Gasteiger partial charge < -0.3 is 14.9 Å². The molecule has 0 saturated carbocycles. The van der Waals surface area contributed by atoms with E-state index in [-0.39, 0.29) is 11.3 Å². The van der Waals surface area contributed by atoms with Crippen molar-refractivity contribution in [2.75, 3.05) is 26.2 Å². The average molecular weight is 329 g/mol. The number of benzene rings is 1. The second-order valence-electron chi connectivity index (χ2n) is 6.81. The smallest absolute Gasteiger partial charge is 0.407 e. The first-order valence-corrected chi connectivity index (χ1v) is 8.14. The van der Waals surface area contributed by atoms with Gasteiger partial charge in [-0.05, 0) is 37.5 Å². The minimum absolute atomic E-state index is 0.0239. The third-order valence-corrected chi connectivity index (χ3v) is 5.22. The average Bonchev–Trinajstić information content (AvgIpc) is 3.21. The van der Waals surface area contributed by atoms with Gasteiger partial charge in [-0.15, -0.1) is 0 Å². The maximum absolute atomic E-state index is 12.8. The number of H-pyrrole nitrogens is 1. The van der Waals surface area contributed by atoms with Gasteiger partial charge >= 0.3 is 6.09 Å². The summed E-state index contributed by atoms with van der Waals surface area (Å²) in [5.41, 5.74) is 1.90. The summed E-state index contributed by atoms with van der Waals surface area (Å²) in [5, 5.41) is 19.8. The number of fused-ring (bicyclic) bond motifs is 1. The summed E-state index contributed by atoms with van der Waals surface area (Å²) in [6, 6.07) is 5.30. The molecule has 0 radical (unpaired) electrons. The zero-order valence-electron chi connectivity index (χ0n) is 13.2. The van der Waals surface area contributed by atoms with Crippen molar-refractivity contribution in [1.29, 1.82) is 0 Å². The standard InChI is InChI=1S/C16H19N5O3/c22-14(11-2-3-12-13(8-11)18-19-17-12)20-7-5-16(9-20)4-1-6-21(10-16)15(23)24/h2-3,8H,1,4-7,9-10H2,(H,23,24)(H,17,18,19). The first kappa shape index (κ1) is 14.9. The van der Waals surface area contributed by atoms with Gasteiger partial charge in [0.15, 0.2) is 0 Å². The molecule has 4 rings (SSSR count). The van der Waals surface area contributed by atoms with E-state index in [2.05, 4.69) is 15.4 Å². The van der Waals surface area contributed by atoms with Gasteiger partial charge in [0.2, 0.25) is 0 Å². The molecule has 2 aliphatic heterocycles. The minimum Gasteiger partial charge on any atom is -0.465 e. The molecule has 8 nitrogen and oxygen atoms in total. The lowest BCUT2D eigenvalue weighted by Crippen LogP contribution is -2.47. The van der Waals surface area contributed by atoms with Crippen LogP contribution in [-0.4, -0.2) is 68.5 Å². The number of aromatic amines is 1. The molecule has 1 aromatic heterocycles. The van der Waals surface area contributed by atoms with Crippen LogP contribution in [0.2, 0.25) is 0 Å². The molecule has 2 saturated heterocycles. The number of carbonyl (C=O) groups excluding carboxylic acids is 1. The van der Waals surface area contributed by atoms with Gasteiger partial charge in [0.25, 0.3) is 5.91 Å². The van der Waals surface area contributed by atoms with Crippen LogP contribution in [0.3, 0.4) is 0 Å². The predicted octanol–water partition coefficient (Wildman–Crippen LogP) is 1.56. The molecule has 2 aliphatic rings. The molecule has 1 unspecified atom stereocenters. The lowest BCUT2D eigenvalue weighted by Gasteiger charge is -2.39. The Hall–Kier alpha value is -2.64. The van der Waals surface area contributed by atoms with Crippen LogP contribution in [0.4, 0.5) is 4.79 Å². The number of rotatable bonds is 1. The van der Waals surface area contributed by atoms with Crippen LogP contribution >= 0.6 is 0 Å². The number of carboxylic acid groups (broad SMARTS) is 1. The minimum atomic E-state index is -0.865. The SMILES string of the molecule is O=C(O)N1CCCC2(CCN(C(=O)c3ccc4n[nH]nc4c3)C2)C1. The number of nitrogens with one attached hydrogen (secondary N) is 1. The van der Waals surface area contributed by atoms with Gasteiger partial charge in [0.1, 0.15) is 11.0 Å². The van der Waals surface area contributed by atoms with Crippen LogP contribution in [0.25, 0.3) is 11.0 Å². The Bertz CT molecular complexity index is 804. The molecule has 8 heteroatoms. The molecule has 0 aliphatic carbocycles. The lowest BCUT2D eigenvalue weighted by atomic mass is 9.79. The fourth-order valence-corrected chi connectivity index (χ4v) is 3.97. The van der Waals surface area contributed by atoms with Crippen molar-refractivity contribution in [3.05, 3.63) is 23.8 Å². The van der Waals surface area contributed by atoms with Gasteiger partial charge in [-0.2, -0.15) is 15.4 Å². The Balaban J connectivity index is 1.51. The van der Waals surface area contributed by atoms with Crippen molar-refractivity contribution < 1.29 is 14.7 Å². The fraction of sp³-hybridized carbons (Fsp3) is 0.500. The zero-order chi connectivity index (χ0) is 16.7. The predicted molar refractivity (Wildman–Crippen MR) is 85.7 cm³/mol. The van der Waals surface area contributed by atoms with Crippen LogP contribution < -0.4 is 0 Å². The number of hydrogen-bond acceptors (Lipinski definition) is 4. The molecular formula is C16H19N5O3. The molecule has 2 amide bonds. The van der Waals surface area contributed by atoms with Crippen LogP contribution in [0, 0.1) is 5.41 Å². The third-order valence-electron chi connectivity index (χ3n) is 5.22. The molecule has 1 aromatic carbocycles. The Morgan fingerprint density at radius 2 is 1.88 bits per heavy atom. The molecule has 0 bridgehead atoms. The summed E-state index contributed by atoms with van der Waals surface area (Å²) < 4.78 is 0. The van der Waals surface area contributed by atoms with Gasteiger partial charge in [0, 0.05) is 37.2 Å². The maximum Gasteiger partial charge on any atom is 0.407 e. The van der Waals surface area contributed by atoms with E-state index in [1.54, 1.807) is 18.2 Å². The molecule has 3 heterocycles. The number of amides is 2. The first-order valence-electron chi connectivity index (χ1n) is 8.14. The molecular weight excluding hydrogens is 310 g/mol. The Labute approximate surface area is 138 Å². The van der Waals surface area contributed by atoms with Gasteiger partial charge in [-0.25, -0.2) is 4.79 Å². The van der Waals surface area contributed by atoms with Crippen LogP contribution in [0.1, 0.15) is 29.6 Å². The summed E-state index contributed by atoms with van der Waals surface area (Å²) in [5.74, 6) is -0.0239.